The molecule has 4 N–H and O–H groups in total. The Kier molecular flexibility index (Phi) is 5.02. The lowest BCUT2D eigenvalue weighted by Gasteiger charge is -2.19. The maximum atomic E-state index is 12.4. The summed E-state index contributed by atoms with van der Waals surface area (Å²) in [7, 11) is 0. The number of aryl methyl sites for hydroxylation is 1. The van der Waals surface area contributed by atoms with Crippen LogP contribution in [0.3, 0.4) is 0 Å². The standard InChI is InChI=1S/C20H21N3O3/c1-12(20(26)23-15-8-6-14(7-9-15)19(21)25)22-16-10-5-13-3-2-4-18(24)17(13)11-16/h5-12,22H,2-4H2,1H3,(H2,21,25)(H,23,26). The van der Waals surface area contributed by atoms with Gasteiger partial charge in [-0.05, 0) is 61.7 Å². The molecule has 1 unspecified atom stereocenters. The number of nitrogens with two attached hydrogens (primary N) is 1. The van der Waals surface area contributed by atoms with Gasteiger partial charge in [-0.2, -0.15) is 0 Å². The molecule has 0 saturated heterocycles. The zero-order valence-electron chi connectivity index (χ0n) is 14.5. The molecule has 2 aromatic rings. The average molecular weight is 351 g/mol. The van der Waals surface area contributed by atoms with Crippen molar-refractivity contribution in [3.05, 3.63) is 59.2 Å². The third kappa shape index (κ3) is 3.91. The second-order valence-electron chi connectivity index (χ2n) is 6.45. The smallest absolute Gasteiger partial charge is 0.248 e. The second-order valence-corrected chi connectivity index (χ2v) is 6.45. The first-order valence-electron chi connectivity index (χ1n) is 8.57. The molecule has 1 atom stereocenters. The Morgan fingerprint density at radius 2 is 1.73 bits per heavy atom. The SMILES string of the molecule is CC(Nc1ccc2c(c1)C(=O)CCC2)C(=O)Nc1ccc(C(N)=O)cc1. The van der Waals surface area contributed by atoms with Gasteiger partial charge < -0.3 is 16.4 Å². The number of Topliss-reactive ketones (excluding diaryl/α,β-unsaturated/α-hetero) is 1. The van der Waals surface area contributed by atoms with Gasteiger partial charge in [0.1, 0.15) is 6.04 Å². The molecule has 0 heterocycles. The topological polar surface area (TPSA) is 101 Å². The van der Waals surface area contributed by atoms with Crippen LogP contribution in [0.15, 0.2) is 42.5 Å². The molecule has 1 aliphatic carbocycles. The number of anilines is 2. The van der Waals surface area contributed by atoms with Gasteiger partial charge in [-0.3, -0.25) is 14.4 Å². The minimum absolute atomic E-state index is 0.154. The number of hydrogen-bond acceptors (Lipinski definition) is 4. The van der Waals surface area contributed by atoms with Crippen molar-refractivity contribution >= 4 is 29.0 Å². The first-order valence-corrected chi connectivity index (χ1v) is 8.57. The van der Waals surface area contributed by atoms with Gasteiger partial charge in [0.25, 0.3) is 0 Å². The van der Waals surface area contributed by atoms with E-state index in [1.54, 1.807) is 31.2 Å². The van der Waals surface area contributed by atoms with Crippen LogP contribution in [0.1, 0.15) is 46.0 Å². The number of amides is 2. The van der Waals surface area contributed by atoms with Crippen LogP contribution in [0.2, 0.25) is 0 Å². The number of hydrogen-bond donors (Lipinski definition) is 3. The number of primary amides is 1. The van der Waals surface area contributed by atoms with Crippen LogP contribution in [0, 0.1) is 0 Å². The maximum Gasteiger partial charge on any atom is 0.248 e. The molecule has 0 bridgehead atoms. The zero-order valence-corrected chi connectivity index (χ0v) is 14.5. The normalized spacial score (nSPS) is 14.3. The van der Waals surface area contributed by atoms with Crippen LogP contribution in [-0.2, 0) is 11.2 Å². The van der Waals surface area contributed by atoms with Crippen LogP contribution < -0.4 is 16.4 Å². The van der Waals surface area contributed by atoms with Crippen molar-refractivity contribution in [1.29, 1.82) is 0 Å². The number of fused-ring (bicyclic) bond motifs is 1. The molecule has 134 valence electrons. The zero-order chi connectivity index (χ0) is 18.7. The molecular weight excluding hydrogens is 330 g/mol. The first kappa shape index (κ1) is 17.7. The maximum absolute atomic E-state index is 12.4. The van der Waals surface area contributed by atoms with Gasteiger partial charge in [0.2, 0.25) is 11.8 Å². The van der Waals surface area contributed by atoms with Gasteiger partial charge in [-0.1, -0.05) is 6.07 Å². The van der Waals surface area contributed by atoms with E-state index in [-0.39, 0.29) is 11.7 Å². The summed E-state index contributed by atoms with van der Waals surface area (Å²) in [6.45, 7) is 1.74. The number of rotatable bonds is 5. The van der Waals surface area contributed by atoms with Crippen molar-refractivity contribution in [3.63, 3.8) is 0 Å². The Morgan fingerprint density at radius 3 is 2.42 bits per heavy atom. The lowest BCUT2D eigenvalue weighted by atomic mass is 9.90. The summed E-state index contributed by atoms with van der Waals surface area (Å²) in [6, 6.07) is 11.5. The van der Waals surface area contributed by atoms with Gasteiger partial charge in [-0.15, -0.1) is 0 Å². The van der Waals surface area contributed by atoms with Crippen molar-refractivity contribution in [3.8, 4) is 0 Å². The van der Waals surface area contributed by atoms with Crippen LogP contribution >= 0.6 is 0 Å². The van der Waals surface area contributed by atoms with Gasteiger partial charge in [0, 0.05) is 28.9 Å². The number of carbonyl (C=O) groups is 3. The monoisotopic (exact) mass is 351 g/mol. The summed E-state index contributed by atoms with van der Waals surface area (Å²) in [5, 5.41) is 5.90. The fraction of sp³-hybridized carbons (Fsp3) is 0.250. The van der Waals surface area contributed by atoms with Crippen molar-refractivity contribution in [2.75, 3.05) is 10.6 Å². The average Bonchev–Trinajstić information content (AvgIpc) is 2.63. The molecule has 0 saturated carbocycles. The fourth-order valence-corrected chi connectivity index (χ4v) is 3.00. The second kappa shape index (κ2) is 7.39. The third-order valence-electron chi connectivity index (χ3n) is 4.47. The number of benzene rings is 2. The Bertz CT molecular complexity index is 859. The third-order valence-corrected chi connectivity index (χ3v) is 4.47. The van der Waals surface area contributed by atoms with Crippen LogP contribution in [0.4, 0.5) is 11.4 Å². The molecule has 0 aromatic heterocycles. The number of ketones is 1. The fourth-order valence-electron chi connectivity index (χ4n) is 3.00. The van der Waals surface area contributed by atoms with E-state index in [1.165, 1.54) is 0 Å². The Morgan fingerprint density at radius 1 is 1.04 bits per heavy atom. The Balaban J connectivity index is 1.65. The summed E-state index contributed by atoms with van der Waals surface area (Å²) in [6.07, 6.45) is 2.39. The van der Waals surface area contributed by atoms with E-state index in [4.69, 9.17) is 5.73 Å². The largest absolute Gasteiger partial charge is 0.374 e. The van der Waals surface area contributed by atoms with Crippen molar-refractivity contribution in [1.82, 2.24) is 0 Å². The molecule has 2 aromatic carbocycles. The predicted molar refractivity (Wildman–Crippen MR) is 100 cm³/mol. The molecule has 6 nitrogen and oxygen atoms in total. The summed E-state index contributed by atoms with van der Waals surface area (Å²) < 4.78 is 0. The van der Waals surface area contributed by atoms with E-state index >= 15 is 0 Å². The Hall–Kier alpha value is -3.15. The molecule has 26 heavy (non-hydrogen) atoms. The van der Waals surface area contributed by atoms with E-state index in [0.29, 0.717) is 17.7 Å². The van der Waals surface area contributed by atoms with E-state index < -0.39 is 11.9 Å². The predicted octanol–water partition coefficient (Wildman–Crippen LogP) is 2.74. The quantitative estimate of drug-likeness (QED) is 0.771. The van der Waals surface area contributed by atoms with E-state index in [1.807, 2.05) is 18.2 Å². The van der Waals surface area contributed by atoms with E-state index in [9.17, 15) is 14.4 Å². The van der Waals surface area contributed by atoms with Gasteiger partial charge in [0.05, 0.1) is 0 Å². The molecule has 3 rings (SSSR count). The highest BCUT2D eigenvalue weighted by molar-refractivity contribution is 6.00. The minimum atomic E-state index is -0.514. The van der Waals surface area contributed by atoms with E-state index in [0.717, 1.165) is 29.7 Å². The van der Waals surface area contributed by atoms with E-state index in [2.05, 4.69) is 10.6 Å². The number of nitrogens with one attached hydrogen (secondary N) is 2. The Labute approximate surface area is 151 Å². The molecule has 2 amide bonds. The van der Waals surface area contributed by atoms with Crippen molar-refractivity contribution < 1.29 is 14.4 Å². The van der Waals surface area contributed by atoms with Gasteiger partial charge >= 0.3 is 0 Å². The lowest BCUT2D eigenvalue weighted by Crippen LogP contribution is -2.32. The van der Waals surface area contributed by atoms with Crippen LogP contribution in [-0.4, -0.2) is 23.6 Å². The summed E-state index contributed by atoms with van der Waals surface area (Å²) >= 11 is 0. The highest BCUT2D eigenvalue weighted by atomic mass is 16.2. The molecule has 0 spiro atoms. The van der Waals surface area contributed by atoms with Crippen LogP contribution in [0.5, 0.6) is 0 Å². The number of carbonyl (C=O) groups excluding carboxylic acids is 3. The molecule has 0 radical (unpaired) electrons. The summed E-state index contributed by atoms with van der Waals surface area (Å²) in [5.41, 5.74) is 8.71. The van der Waals surface area contributed by atoms with Gasteiger partial charge in [-0.25, -0.2) is 0 Å². The molecular formula is C20H21N3O3. The highest BCUT2D eigenvalue weighted by Crippen LogP contribution is 2.24. The molecule has 0 fully saturated rings. The highest BCUT2D eigenvalue weighted by Gasteiger charge is 2.19. The van der Waals surface area contributed by atoms with Crippen molar-refractivity contribution in [2.24, 2.45) is 5.73 Å². The molecule has 6 heteroatoms. The van der Waals surface area contributed by atoms with Gasteiger partial charge in [0.15, 0.2) is 5.78 Å². The minimum Gasteiger partial charge on any atom is -0.374 e. The van der Waals surface area contributed by atoms with Crippen LogP contribution in [0.25, 0.3) is 0 Å². The molecule has 1 aliphatic rings. The summed E-state index contributed by atoms with van der Waals surface area (Å²) in [5.74, 6) is -0.581. The first-order chi connectivity index (χ1) is 12.4. The lowest BCUT2D eigenvalue weighted by molar-refractivity contribution is -0.116. The molecule has 0 aliphatic heterocycles. The van der Waals surface area contributed by atoms with Crippen molar-refractivity contribution in [2.45, 2.75) is 32.2 Å². The summed E-state index contributed by atoms with van der Waals surface area (Å²) in [4.78, 5) is 35.5.